The van der Waals surface area contributed by atoms with E-state index in [1.807, 2.05) is 6.92 Å². The van der Waals surface area contributed by atoms with Gasteiger partial charge in [-0.25, -0.2) is 8.42 Å². The van der Waals surface area contributed by atoms with E-state index in [0.717, 1.165) is 36.8 Å². The molecule has 0 radical (unpaired) electrons. The number of rotatable bonds is 2. The monoisotopic (exact) mass is 306 g/mol. The summed E-state index contributed by atoms with van der Waals surface area (Å²) in [5.41, 5.74) is 7.06. The summed E-state index contributed by atoms with van der Waals surface area (Å²) in [5, 5.41) is 0. The van der Waals surface area contributed by atoms with E-state index in [-0.39, 0.29) is 0 Å². The van der Waals surface area contributed by atoms with Crippen LogP contribution in [-0.4, -0.2) is 32.4 Å². The summed E-state index contributed by atoms with van der Waals surface area (Å²) >= 11 is 0. The standard InChI is InChI=1S/C16H22N2O2S/c1-14-13-16(9-8-15(14)7-6-10-17)21(19,20)18-11-4-2-3-5-12-18/h8-9,13H,2-5,10-12,17H2,1H3. The fraction of sp³-hybridized carbons (Fsp3) is 0.500. The maximum atomic E-state index is 12.7. The minimum atomic E-state index is -3.38. The number of sulfonamides is 1. The molecule has 0 amide bonds. The maximum absolute atomic E-state index is 12.7. The lowest BCUT2D eigenvalue weighted by molar-refractivity contribution is 0.423. The zero-order valence-corrected chi connectivity index (χ0v) is 13.2. The third-order valence-electron chi connectivity index (χ3n) is 3.73. The number of nitrogens with zero attached hydrogens (tertiary/aromatic N) is 1. The average molecular weight is 306 g/mol. The molecule has 0 atom stereocenters. The molecule has 1 aliphatic heterocycles. The minimum absolute atomic E-state index is 0.299. The Balaban J connectivity index is 2.29. The van der Waals surface area contributed by atoms with Gasteiger partial charge in [-0.1, -0.05) is 24.7 Å². The first kappa shape index (κ1) is 16.0. The summed E-state index contributed by atoms with van der Waals surface area (Å²) in [4.78, 5) is 0.361. The molecule has 1 aliphatic rings. The number of hydrogen-bond donors (Lipinski definition) is 1. The van der Waals surface area contributed by atoms with Crippen molar-refractivity contribution in [1.29, 1.82) is 0 Å². The quantitative estimate of drug-likeness (QED) is 0.848. The van der Waals surface area contributed by atoms with Gasteiger partial charge in [0.2, 0.25) is 10.0 Å². The molecule has 0 bridgehead atoms. The molecule has 5 heteroatoms. The van der Waals surface area contributed by atoms with Gasteiger partial charge in [0.05, 0.1) is 11.4 Å². The summed E-state index contributed by atoms with van der Waals surface area (Å²) in [7, 11) is -3.38. The Bertz CT molecular complexity index is 649. The van der Waals surface area contributed by atoms with Crippen molar-refractivity contribution in [1.82, 2.24) is 4.31 Å². The first-order valence-corrected chi connectivity index (χ1v) is 8.79. The molecule has 1 aromatic carbocycles. The molecule has 0 aliphatic carbocycles. The highest BCUT2D eigenvalue weighted by molar-refractivity contribution is 7.89. The summed E-state index contributed by atoms with van der Waals surface area (Å²) < 4.78 is 27.0. The van der Waals surface area contributed by atoms with Crippen LogP contribution >= 0.6 is 0 Å². The molecule has 0 aromatic heterocycles. The molecular weight excluding hydrogens is 284 g/mol. The van der Waals surface area contributed by atoms with Crippen molar-refractivity contribution >= 4 is 10.0 Å². The Hall–Kier alpha value is -1.35. The molecule has 1 heterocycles. The van der Waals surface area contributed by atoms with Crippen molar-refractivity contribution in [2.24, 2.45) is 5.73 Å². The van der Waals surface area contributed by atoms with Gasteiger partial charge in [0.15, 0.2) is 0 Å². The van der Waals surface area contributed by atoms with E-state index in [4.69, 9.17) is 5.73 Å². The zero-order chi connectivity index (χ0) is 15.3. The van der Waals surface area contributed by atoms with E-state index in [2.05, 4.69) is 11.8 Å². The van der Waals surface area contributed by atoms with Gasteiger partial charge in [0.1, 0.15) is 0 Å². The Morgan fingerprint density at radius 2 is 1.86 bits per heavy atom. The highest BCUT2D eigenvalue weighted by atomic mass is 32.2. The van der Waals surface area contributed by atoms with Crippen molar-refractivity contribution < 1.29 is 8.42 Å². The van der Waals surface area contributed by atoms with E-state index in [1.54, 1.807) is 22.5 Å². The summed E-state index contributed by atoms with van der Waals surface area (Å²) in [6.07, 6.45) is 4.11. The lowest BCUT2D eigenvalue weighted by Gasteiger charge is -2.20. The van der Waals surface area contributed by atoms with Crippen LogP contribution in [0.15, 0.2) is 23.1 Å². The number of hydrogen-bond acceptors (Lipinski definition) is 3. The Morgan fingerprint density at radius 3 is 2.43 bits per heavy atom. The highest BCUT2D eigenvalue weighted by Gasteiger charge is 2.25. The van der Waals surface area contributed by atoms with Crippen molar-refractivity contribution in [3.63, 3.8) is 0 Å². The highest BCUT2D eigenvalue weighted by Crippen LogP contribution is 2.22. The van der Waals surface area contributed by atoms with Crippen LogP contribution in [0.5, 0.6) is 0 Å². The molecular formula is C16H22N2O2S. The lowest BCUT2D eigenvalue weighted by atomic mass is 10.1. The fourth-order valence-corrected chi connectivity index (χ4v) is 4.12. The van der Waals surface area contributed by atoms with Gasteiger partial charge in [-0.05, 0) is 43.5 Å². The van der Waals surface area contributed by atoms with Crippen molar-refractivity contribution in [2.45, 2.75) is 37.5 Å². The maximum Gasteiger partial charge on any atom is 0.243 e. The Labute approximate surface area is 127 Å². The largest absolute Gasteiger partial charge is 0.320 e. The molecule has 0 unspecified atom stereocenters. The summed E-state index contributed by atoms with van der Waals surface area (Å²) in [6.45, 7) is 3.42. The number of benzene rings is 1. The van der Waals surface area contributed by atoms with E-state index in [9.17, 15) is 8.42 Å². The third-order valence-corrected chi connectivity index (χ3v) is 5.62. The van der Waals surface area contributed by atoms with Crippen LogP contribution in [0, 0.1) is 18.8 Å². The van der Waals surface area contributed by atoms with Crippen LogP contribution < -0.4 is 5.73 Å². The molecule has 0 spiro atoms. The lowest BCUT2D eigenvalue weighted by Crippen LogP contribution is -2.32. The van der Waals surface area contributed by atoms with Crippen LogP contribution in [0.1, 0.15) is 36.8 Å². The predicted octanol–water partition coefficient (Wildman–Crippen LogP) is 1.87. The second kappa shape index (κ2) is 7.08. The molecule has 114 valence electrons. The van der Waals surface area contributed by atoms with E-state index in [0.29, 0.717) is 24.5 Å². The molecule has 0 saturated carbocycles. The predicted molar refractivity (Wildman–Crippen MR) is 84.3 cm³/mol. The topological polar surface area (TPSA) is 63.4 Å². The first-order valence-electron chi connectivity index (χ1n) is 7.35. The molecule has 1 fully saturated rings. The fourth-order valence-electron chi connectivity index (χ4n) is 2.51. The SMILES string of the molecule is Cc1cc(S(=O)(=O)N2CCCCCC2)ccc1C#CCN. The molecule has 2 rings (SSSR count). The van der Waals surface area contributed by atoms with Gasteiger partial charge in [0.25, 0.3) is 0 Å². The second-order valence-electron chi connectivity index (χ2n) is 5.30. The normalized spacial score (nSPS) is 16.9. The molecule has 2 N–H and O–H groups in total. The molecule has 4 nitrogen and oxygen atoms in total. The number of nitrogens with two attached hydrogens (primary N) is 1. The second-order valence-corrected chi connectivity index (χ2v) is 7.24. The zero-order valence-electron chi connectivity index (χ0n) is 12.4. The van der Waals surface area contributed by atoms with Gasteiger partial charge >= 0.3 is 0 Å². The van der Waals surface area contributed by atoms with Gasteiger partial charge in [0, 0.05) is 18.7 Å². The van der Waals surface area contributed by atoms with Crippen LogP contribution in [0.4, 0.5) is 0 Å². The molecule has 1 saturated heterocycles. The van der Waals surface area contributed by atoms with Crippen LogP contribution in [0.25, 0.3) is 0 Å². The molecule has 1 aromatic rings. The van der Waals surface area contributed by atoms with Gasteiger partial charge in [-0.3, -0.25) is 0 Å². The average Bonchev–Trinajstić information content (AvgIpc) is 2.75. The van der Waals surface area contributed by atoms with E-state index in [1.165, 1.54) is 0 Å². The Morgan fingerprint density at radius 1 is 1.19 bits per heavy atom. The van der Waals surface area contributed by atoms with E-state index >= 15 is 0 Å². The summed E-state index contributed by atoms with van der Waals surface area (Å²) in [5.74, 6) is 5.75. The van der Waals surface area contributed by atoms with Crippen molar-refractivity contribution in [3.8, 4) is 11.8 Å². The van der Waals surface area contributed by atoms with Crippen LogP contribution in [0.3, 0.4) is 0 Å². The van der Waals surface area contributed by atoms with Gasteiger partial charge < -0.3 is 5.73 Å². The smallest absolute Gasteiger partial charge is 0.243 e. The Kier molecular flexibility index (Phi) is 5.40. The third kappa shape index (κ3) is 3.85. The van der Waals surface area contributed by atoms with E-state index < -0.39 is 10.0 Å². The summed E-state index contributed by atoms with van der Waals surface area (Å²) in [6, 6.07) is 5.12. The van der Waals surface area contributed by atoms with Crippen LogP contribution in [-0.2, 0) is 10.0 Å². The first-order chi connectivity index (χ1) is 10.1. The van der Waals surface area contributed by atoms with Gasteiger partial charge in [-0.2, -0.15) is 4.31 Å². The molecule has 21 heavy (non-hydrogen) atoms. The van der Waals surface area contributed by atoms with Crippen LogP contribution in [0.2, 0.25) is 0 Å². The number of aryl methyl sites for hydroxylation is 1. The van der Waals surface area contributed by atoms with Crippen molar-refractivity contribution in [2.75, 3.05) is 19.6 Å². The van der Waals surface area contributed by atoms with Gasteiger partial charge in [-0.15, -0.1) is 0 Å². The minimum Gasteiger partial charge on any atom is -0.320 e. The van der Waals surface area contributed by atoms with Crippen molar-refractivity contribution in [3.05, 3.63) is 29.3 Å².